The SMILES string of the molecule is Cc1ccc(Nc2nnc(SCCC(N)=O)s2)cc1Cl. The zero-order valence-corrected chi connectivity index (χ0v) is 13.1. The normalized spacial score (nSPS) is 10.5. The molecule has 0 unspecified atom stereocenters. The van der Waals surface area contributed by atoms with Gasteiger partial charge in [0, 0.05) is 22.9 Å². The fraction of sp³-hybridized carbons (Fsp3) is 0.250. The lowest BCUT2D eigenvalue weighted by Crippen LogP contribution is -2.10. The molecule has 0 saturated heterocycles. The Morgan fingerprint density at radius 1 is 1.50 bits per heavy atom. The number of carbonyl (C=O) groups excluding carboxylic acids is 1. The first kappa shape index (κ1) is 15.1. The Hall–Kier alpha value is -1.31. The van der Waals surface area contributed by atoms with E-state index in [1.165, 1.54) is 23.1 Å². The summed E-state index contributed by atoms with van der Waals surface area (Å²) in [4.78, 5) is 10.6. The van der Waals surface area contributed by atoms with Crippen LogP contribution in [-0.4, -0.2) is 21.9 Å². The minimum absolute atomic E-state index is 0.310. The summed E-state index contributed by atoms with van der Waals surface area (Å²) in [6.45, 7) is 1.95. The highest BCUT2D eigenvalue weighted by Gasteiger charge is 2.06. The Balaban J connectivity index is 1.95. The molecule has 2 rings (SSSR count). The number of anilines is 2. The Kier molecular flexibility index (Phi) is 5.22. The third kappa shape index (κ3) is 4.36. The van der Waals surface area contributed by atoms with Crippen LogP contribution in [0.2, 0.25) is 5.02 Å². The number of thioether (sulfide) groups is 1. The van der Waals surface area contributed by atoms with E-state index in [1.807, 2.05) is 25.1 Å². The fourth-order valence-corrected chi connectivity index (χ4v) is 3.33. The number of primary amides is 1. The number of hydrogen-bond acceptors (Lipinski definition) is 6. The van der Waals surface area contributed by atoms with Crippen LogP contribution >= 0.6 is 34.7 Å². The van der Waals surface area contributed by atoms with Crippen molar-refractivity contribution in [2.24, 2.45) is 5.73 Å². The number of carbonyl (C=O) groups is 1. The van der Waals surface area contributed by atoms with Crippen molar-refractivity contribution in [1.82, 2.24) is 10.2 Å². The second-order valence-corrected chi connectivity index (χ2v) is 6.75. The number of nitrogens with two attached hydrogens (primary N) is 1. The molecule has 1 heterocycles. The van der Waals surface area contributed by atoms with Crippen molar-refractivity contribution >= 4 is 51.4 Å². The van der Waals surface area contributed by atoms with E-state index in [0.717, 1.165) is 15.6 Å². The third-order valence-electron chi connectivity index (χ3n) is 2.40. The topological polar surface area (TPSA) is 80.9 Å². The van der Waals surface area contributed by atoms with E-state index in [0.29, 0.717) is 22.3 Å². The van der Waals surface area contributed by atoms with Gasteiger partial charge in [0.15, 0.2) is 4.34 Å². The van der Waals surface area contributed by atoms with Gasteiger partial charge in [-0.3, -0.25) is 4.79 Å². The highest BCUT2D eigenvalue weighted by molar-refractivity contribution is 8.01. The van der Waals surface area contributed by atoms with Crippen molar-refractivity contribution in [1.29, 1.82) is 0 Å². The monoisotopic (exact) mass is 328 g/mol. The van der Waals surface area contributed by atoms with Gasteiger partial charge >= 0.3 is 0 Å². The number of nitrogens with zero attached hydrogens (tertiary/aromatic N) is 2. The number of aromatic nitrogens is 2. The van der Waals surface area contributed by atoms with Crippen LogP contribution in [0.25, 0.3) is 0 Å². The summed E-state index contributed by atoms with van der Waals surface area (Å²) in [5.74, 6) is 0.301. The van der Waals surface area contributed by atoms with Gasteiger partial charge < -0.3 is 11.1 Å². The average Bonchev–Trinajstić information content (AvgIpc) is 2.81. The van der Waals surface area contributed by atoms with Gasteiger partial charge in [0.25, 0.3) is 0 Å². The summed E-state index contributed by atoms with van der Waals surface area (Å²) in [5, 5.41) is 12.6. The molecule has 5 nitrogen and oxygen atoms in total. The molecule has 0 aliphatic carbocycles. The van der Waals surface area contributed by atoms with Crippen LogP contribution in [0.15, 0.2) is 22.5 Å². The van der Waals surface area contributed by atoms with Crippen LogP contribution < -0.4 is 11.1 Å². The van der Waals surface area contributed by atoms with Crippen molar-refractivity contribution in [3.63, 3.8) is 0 Å². The van der Waals surface area contributed by atoms with Crippen LogP contribution in [0.1, 0.15) is 12.0 Å². The molecule has 0 radical (unpaired) electrons. The number of aryl methyl sites for hydroxylation is 1. The van der Waals surface area contributed by atoms with Gasteiger partial charge in [-0.2, -0.15) is 0 Å². The van der Waals surface area contributed by atoms with Crippen LogP contribution in [0.5, 0.6) is 0 Å². The maximum absolute atomic E-state index is 10.6. The Bertz CT molecular complexity index is 617. The summed E-state index contributed by atoms with van der Waals surface area (Å²) in [5.41, 5.74) is 6.97. The van der Waals surface area contributed by atoms with E-state index < -0.39 is 0 Å². The predicted molar refractivity (Wildman–Crippen MR) is 83.9 cm³/mol. The lowest BCUT2D eigenvalue weighted by atomic mass is 10.2. The summed E-state index contributed by atoms with van der Waals surface area (Å²) in [6, 6.07) is 5.72. The lowest BCUT2D eigenvalue weighted by Gasteiger charge is -2.03. The number of nitrogens with one attached hydrogen (secondary N) is 1. The number of benzene rings is 1. The quantitative estimate of drug-likeness (QED) is 0.796. The van der Waals surface area contributed by atoms with Crippen molar-refractivity contribution in [3.05, 3.63) is 28.8 Å². The standard InChI is InChI=1S/C12H13ClN4OS2/c1-7-2-3-8(6-9(7)13)15-11-16-17-12(20-11)19-5-4-10(14)18/h2-3,6H,4-5H2,1H3,(H2,14,18)(H,15,16). The average molecular weight is 329 g/mol. The molecular weight excluding hydrogens is 316 g/mol. The molecule has 0 atom stereocenters. The van der Waals surface area contributed by atoms with Crippen molar-refractivity contribution < 1.29 is 4.79 Å². The molecule has 1 amide bonds. The minimum Gasteiger partial charge on any atom is -0.370 e. The van der Waals surface area contributed by atoms with Gasteiger partial charge in [0.05, 0.1) is 0 Å². The van der Waals surface area contributed by atoms with Crippen LogP contribution in [0.3, 0.4) is 0 Å². The number of hydrogen-bond donors (Lipinski definition) is 2. The van der Waals surface area contributed by atoms with E-state index >= 15 is 0 Å². The number of amides is 1. The summed E-state index contributed by atoms with van der Waals surface area (Å²) >= 11 is 8.95. The van der Waals surface area contributed by atoms with Crippen molar-refractivity contribution in [2.75, 3.05) is 11.1 Å². The zero-order valence-electron chi connectivity index (χ0n) is 10.7. The Labute approximate surface area is 129 Å². The number of rotatable bonds is 6. The van der Waals surface area contributed by atoms with Gasteiger partial charge in [-0.25, -0.2) is 0 Å². The third-order valence-corrected chi connectivity index (χ3v) is 4.78. The summed E-state index contributed by atoms with van der Waals surface area (Å²) in [6.07, 6.45) is 0.334. The highest BCUT2D eigenvalue weighted by atomic mass is 35.5. The number of halogens is 1. The molecule has 20 heavy (non-hydrogen) atoms. The van der Waals surface area contributed by atoms with Crippen LogP contribution in [0.4, 0.5) is 10.8 Å². The maximum atomic E-state index is 10.6. The zero-order chi connectivity index (χ0) is 14.5. The van der Waals surface area contributed by atoms with E-state index in [2.05, 4.69) is 15.5 Å². The van der Waals surface area contributed by atoms with Gasteiger partial charge in [-0.05, 0) is 24.6 Å². The fourth-order valence-electron chi connectivity index (χ4n) is 1.35. The molecular formula is C12H13ClN4OS2. The molecule has 3 N–H and O–H groups in total. The second-order valence-electron chi connectivity index (χ2n) is 4.03. The van der Waals surface area contributed by atoms with Crippen LogP contribution in [0, 0.1) is 6.92 Å². The first-order valence-corrected chi connectivity index (χ1v) is 8.00. The smallest absolute Gasteiger partial charge is 0.218 e. The Morgan fingerprint density at radius 3 is 3.00 bits per heavy atom. The molecule has 0 fully saturated rings. The predicted octanol–water partition coefficient (Wildman–Crippen LogP) is 3.21. The largest absolute Gasteiger partial charge is 0.370 e. The molecule has 0 aliphatic rings. The van der Waals surface area contributed by atoms with E-state index in [1.54, 1.807) is 0 Å². The molecule has 1 aromatic carbocycles. The van der Waals surface area contributed by atoms with Crippen LogP contribution in [-0.2, 0) is 4.79 Å². The first-order valence-electron chi connectivity index (χ1n) is 5.82. The van der Waals surface area contributed by atoms with Crippen molar-refractivity contribution in [3.8, 4) is 0 Å². The minimum atomic E-state index is -0.310. The highest BCUT2D eigenvalue weighted by Crippen LogP contribution is 2.29. The molecule has 1 aromatic heterocycles. The lowest BCUT2D eigenvalue weighted by molar-refractivity contribution is -0.117. The van der Waals surface area contributed by atoms with Gasteiger partial charge in [0.1, 0.15) is 0 Å². The summed E-state index contributed by atoms with van der Waals surface area (Å²) < 4.78 is 0.798. The maximum Gasteiger partial charge on any atom is 0.218 e. The van der Waals surface area contributed by atoms with E-state index in [4.69, 9.17) is 17.3 Å². The summed E-state index contributed by atoms with van der Waals surface area (Å²) in [7, 11) is 0. The molecule has 0 saturated carbocycles. The molecule has 2 aromatic rings. The second kappa shape index (κ2) is 6.92. The molecule has 0 spiro atoms. The molecule has 8 heteroatoms. The van der Waals surface area contributed by atoms with Gasteiger partial charge in [0.2, 0.25) is 11.0 Å². The van der Waals surface area contributed by atoms with E-state index in [-0.39, 0.29) is 5.91 Å². The van der Waals surface area contributed by atoms with Gasteiger partial charge in [-0.15, -0.1) is 10.2 Å². The van der Waals surface area contributed by atoms with Crippen molar-refractivity contribution in [2.45, 2.75) is 17.7 Å². The Morgan fingerprint density at radius 2 is 2.30 bits per heavy atom. The van der Waals surface area contributed by atoms with E-state index in [9.17, 15) is 4.79 Å². The molecule has 106 valence electrons. The van der Waals surface area contributed by atoms with Gasteiger partial charge in [-0.1, -0.05) is 40.8 Å². The molecule has 0 aliphatic heterocycles. The first-order chi connectivity index (χ1) is 9.54. The molecule has 0 bridgehead atoms.